The number of hydrogen-bond donors (Lipinski definition) is 0. The van der Waals surface area contributed by atoms with Crippen LogP contribution in [0.5, 0.6) is 0 Å². The summed E-state index contributed by atoms with van der Waals surface area (Å²) in [6.07, 6.45) is 1.81. The Kier molecular flexibility index (Phi) is 4.37. The van der Waals surface area contributed by atoms with Crippen LogP contribution in [0, 0.1) is 0 Å². The van der Waals surface area contributed by atoms with E-state index in [-0.39, 0.29) is 5.91 Å². The number of fused-ring (bicyclic) bond motifs is 2. The van der Waals surface area contributed by atoms with Gasteiger partial charge in [0.25, 0.3) is 5.91 Å². The summed E-state index contributed by atoms with van der Waals surface area (Å²) in [5.74, 6) is -0.251. The predicted molar refractivity (Wildman–Crippen MR) is 107 cm³/mol. The Morgan fingerprint density at radius 3 is 3.00 bits per heavy atom. The van der Waals surface area contributed by atoms with Crippen molar-refractivity contribution in [3.05, 3.63) is 69.4 Å². The number of halogens is 1. The van der Waals surface area contributed by atoms with Gasteiger partial charge in [-0.3, -0.25) is 4.79 Å². The summed E-state index contributed by atoms with van der Waals surface area (Å²) in [4.78, 5) is 21.9. The van der Waals surface area contributed by atoms with Gasteiger partial charge in [0.15, 0.2) is 4.80 Å². The molecule has 0 aliphatic rings. The summed E-state index contributed by atoms with van der Waals surface area (Å²) in [6, 6.07) is 11.5. The zero-order chi connectivity index (χ0) is 17.4. The fourth-order valence-electron chi connectivity index (χ4n) is 2.58. The van der Waals surface area contributed by atoms with E-state index in [4.69, 9.17) is 0 Å². The van der Waals surface area contributed by atoms with E-state index in [9.17, 15) is 4.79 Å². The molecule has 4 nitrogen and oxygen atoms in total. The fraction of sp³-hybridized carbons (Fsp3) is 0.0556. The van der Waals surface area contributed by atoms with Gasteiger partial charge in [0.1, 0.15) is 0 Å². The van der Waals surface area contributed by atoms with Crippen molar-refractivity contribution in [1.29, 1.82) is 0 Å². The van der Waals surface area contributed by atoms with Crippen molar-refractivity contribution in [1.82, 2.24) is 9.55 Å². The fourth-order valence-corrected chi connectivity index (χ4v) is 4.88. The average molecular weight is 430 g/mol. The Bertz CT molecular complexity index is 1190. The summed E-state index contributed by atoms with van der Waals surface area (Å²) in [5, 5.41) is 0. The molecule has 2 aromatic carbocycles. The van der Waals surface area contributed by atoms with Crippen LogP contribution >= 0.6 is 38.6 Å². The molecule has 0 fully saturated rings. The highest BCUT2D eigenvalue weighted by Crippen LogP contribution is 2.23. The SMILES string of the molecule is C=CCn1c(=NC(=O)c2ccc3ncsc3c2)sc2cc(Br)ccc21. The van der Waals surface area contributed by atoms with Crippen molar-refractivity contribution in [2.45, 2.75) is 6.54 Å². The lowest BCUT2D eigenvalue weighted by molar-refractivity contribution is 0.0998. The molecule has 4 aromatic rings. The van der Waals surface area contributed by atoms with E-state index in [2.05, 4.69) is 32.5 Å². The third-order valence-corrected chi connectivity index (χ3v) is 6.06. The van der Waals surface area contributed by atoms with Gasteiger partial charge in [-0.15, -0.1) is 17.9 Å². The van der Waals surface area contributed by atoms with Crippen LogP contribution in [0.1, 0.15) is 10.4 Å². The maximum atomic E-state index is 12.7. The molecule has 124 valence electrons. The molecule has 7 heteroatoms. The number of amides is 1. The first kappa shape index (κ1) is 16.4. The van der Waals surface area contributed by atoms with E-state index in [0.29, 0.717) is 16.9 Å². The Hall–Kier alpha value is -2.09. The molecular weight excluding hydrogens is 418 g/mol. The number of carbonyl (C=O) groups is 1. The number of benzene rings is 2. The molecule has 0 bridgehead atoms. The second-order valence-electron chi connectivity index (χ2n) is 5.35. The predicted octanol–water partition coefficient (Wildman–Crippen LogP) is 5.00. The van der Waals surface area contributed by atoms with Gasteiger partial charge in [0.2, 0.25) is 0 Å². The molecule has 0 aliphatic carbocycles. The Morgan fingerprint density at radius 2 is 2.16 bits per heavy atom. The zero-order valence-corrected chi connectivity index (χ0v) is 16.2. The Labute approximate surface area is 159 Å². The van der Waals surface area contributed by atoms with Gasteiger partial charge in [-0.05, 0) is 36.4 Å². The summed E-state index contributed by atoms with van der Waals surface area (Å²) in [6.45, 7) is 4.41. The van der Waals surface area contributed by atoms with E-state index in [1.807, 2.05) is 34.9 Å². The number of aromatic nitrogens is 2. The van der Waals surface area contributed by atoms with Gasteiger partial charge in [0, 0.05) is 16.6 Å². The summed E-state index contributed by atoms with van der Waals surface area (Å²) >= 11 is 6.50. The first-order chi connectivity index (χ1) is 12.2. The molecule has 1 amide bonds. The number of hydrogen-bond acceptors (Lipinski definition) is 4. The van der Waals surface area contributed by atoms with Gasteiger partial charge >= 0.3 is 0 Å². The summed E-state index contributed by atoms with van der Waals surface area (Å²) in [5.41, 5.74) is 4.28. The highest BCUT2D eigenvalue weighted by molar-refractivity contribution is 9.10. The second kappa shape index (κ2) is 6.67. The summed E-state index contributed by atoms with van der Waals surface area (Å²) in [7, 11) is 0. The molecule has 2 aromatic heterocycles. The molecule has 4 rings (SSSR count). The standard InChI is InChI=1S/C18H12BrN3OS2/c1-2-7-22-14-6-4-12(19)9-16(14)25-18(22)21-17(23)11-3-5-13-15(8-11)24-10-20-13/h2-6,8-10H,1,7H2. The van der Waals surface area contributed by atoms with Crippen LogP contribution in [0.2, 0.25) is 0 Å². The van der Waals surface area contributed by atoms with Gasteiger partial charge in [-0.1, -0.05) is 33.3 Å². The molecule has 0 spiro atoms. The number of thiazole rings is 2. The first-order valence-electron chi connectivity index (χ1n) is 7.48. The van der Waals surface area contributed by atoms with Crippen LogP contribution in [0.15, 0.2) is 64.0 Å². The molecule has 0 radical (unpaired) electrons. The average Bonchev–Trinajstić information content (AvgIpc) is 3.19. The van der Waals surface area contributed by atoms with Crippen LogP contribution in [-0.4, -0.2) is 15.5 Å². The maximum absolute atomic E-state index is 12.7. The van der Waals surface area contributed by atoms with Gasteiger partial charge in [-0.25, -0.2) is 4.98 Å². The minimum absolute atomic E-state index is 0.251. The third-order valence-electron chi connectivity index (χ3n) is 3.73. The number of rotatable bonds is 3. The Balaban J connectivity index is 1.85. The van der Waals surface area contributed by atoms with Crippen molar-refractivity contribution < 1.29 is 4.79 Å². The minimum atomic E-state index is -0.251. The van der Waals surface area contributed by atoms with E-state index in [0.717, 1.165) is 24.9 Å². The quantitative estimate of drug-likeness (QED) is 0.430. The monoisotopic (exact) mass is 429 g/mol. The molecular formula is C18H12BrN3OS2. The number of allylic oxidation sites excluding steroid dienone is 1. The molecule has 25 heavy (non-hydrogen) atoms. The van der Waals surface area contributed by atoms with Crippen molar-refractivity contribution in [2.75, 3.05) is 0 Å². The van der Waals surface area contributed by atoms with Crippen molar-refractivity contribution >= 4 is 64.9 Å². The van der Waals surface area contributed by atoms with Crippen LogP contribution < -0.4 is 4.80 Å². The molecule has 0 N–H and O–H groups in total. The van der Waals surface area contributed by atoms with Crippen molar-refractivity contribution in [3.8, 4) is 0 Å². The molecule has 0 saturated heterocycles. The van der Waals surface area contributed by atoms with Crippen molar-refractivity contribution in [2.24, 2.45) is 4.99 Å². The highest BCUT2D eigenvalue weighted by Gasteiger charge is 2.10. The van der Waals surface area contributed by atoms with Crippen LogP contribution in [-0.2, 0) is 6.54 Å². The Morgan fingerprint density at radius 1 is 1.28 bits per heavy atom. The molecule has 0 atom stereocenters. The van der Waals surface area contributed by atoms with E-state index >= 15 is 0 Å². The topological polar surface area (TPSA) is 47.2 Å². The molecule has 0 aliphatic heterocycles. The van der Waals surface area contributed by atoms with E-state index < -0.39 is 0 Å². The number of nitrogens with zero attached hydrogens (tertiary/aromatic N) is 3. The maximum Gasteiger partial charge on any atom is 0.279 e. The van der Waals surface area contributed by atoms with Gasteiger partial charge in [-0.2, -0.15) is 4.99 Å². The molecule has 0 saturated carbocycles. The lowest BCUT2D eigenvalue weighted by Crippen LogP contribution is -2.16. The second-order valence-corrected chi connectivity index (χ2v) is 8.16. The first-order valence-corrected chi connectivity index (χ1v) is 9.97. The summed E-state index contributed by atoms with van der Waals surface area (Å²) < 4.78 is 5.06. The number of carbonyl (C=O) groups excluding carboxylic acids is 1. The van der Waals surface area contributed by atoms with Crippen molar-refractivity contribution in [3.63, 3.8) is 0 Å². The van der Waals surface area contributed by atoms with Gasteiger partial charge < -0.3 is 4.57 Å². The molecule has 0 unspecified atom stereocenters. The molecule has 2 heterocycles. The zero-order valence-electron chi connectivity index (χ0n) is 13.0. The lowest BCUT2D eigenvalue weighted by atomic mass is 10.2. The van der Waals surface area contributed by atoms with Crippen LogP contribution in [0.25, 0.3) is 20.4 Å². The minimum Gasteiger partial charge on any atom is -0.312 e. The van der Waals surface area contributed by atoms with Crippen LogP contribution in [0.4, 0.5) is 0 Å². The lowest BCUT2D eigenvalue weighted by Gasteiger charge is -2.01. The van der Waals surface area contributed by atoms with E-state index in [1.165, 1.54) is 22.7 Å². The smallest absolute Gasteiger partial charge is 0.279 e. The van der Waals surface area contributed by atoms with Crippen LogP contribution in [0.3, 0.4) is 0 Å². The van der Waals surface area contributed by atoms with Gasteiger partial charge in [0.05, 0.1) is 25.9 Å². The normalized spacial score (nSPS) is 12.1. The van der Waals surface area contributed by atoms with E-state index in [1.54, 1.807) is 17.7 Å². The third kappa shape index (κ3) is 3.10. The highest BCUT2D eigenvalue weighted by atomic mass is 79.9. The largest absolute Gasteiger partial charge is 0.312 e.